The van der Waals surface area contributed by atoms with Crippen molar-refractivity contribution in [3.63, 3.8) is 0 Å². The summed E-state index contributed by atoms with van der Waals surface area (Å²) in [6.07, 6.45) is 1.76. The number of sulfonamides is 1. The summed E-state index contributed by atoms with van der Waals surface area (Å²) in [4.78, 5) is 14.7. The van der Waals surface area contributed by atoms with Gasteiger partial charge in [0.25, 0.3) is 10.0 Å². The highest BCUT2D eigenvalue weighted by Crippen LogP contribution is 2.44. The van der Waals surface area contributed by atoms with E-state index in [9.17, 15) is 13.2 Å². The molecule has 0 fully saturated rings. The number of anilines is 2. The van der Waals surface area contributed by atoms with Gasteiger partial charge < -0.3 is 4.90 Å². The molecule has 0 saturated carbocycles. The van der Waals surface area contributed by atoms with Crippen LogP contribution in [0.25, 0.3) is 0 Å². The summed E-state index contributed by atoms with van der Waals surface area (Å²) in [7, 11) is -3.71. The molecule has 1 N–H and O–H groups in total. The maximum Gasteiger partial charge on any atom is 0.262 e. The fourth-order valence-corrected chi connectivity index (χ4v) is 6.05. The molecule has 2 aromatic carbocycles. The Bertz CT molecular complexity index is 1050. The lowest BCUT2D eigenvalue weighted by molar-refractivity contribution is -0.119. The average molecular weight is 385 g/mol. The van der Waals surface area contributed by atoms with Crippen LogP contribution in [0.4, 0.5) is 11.4 Å². The van der Waals surface area contributed by atoms with Gasteiger partial charge in [0, 0.05) is 12.2 Å². The first-order valence-corrected chi connectivity index (χ1v) is 10.8. The summed E-state index contributed by atoms with van der Waals surface area (Å²) in [6, 6.07) is 7.47. The number of amides is 1. The van der Waals surface area contributed by atoms with E-state index in [-0.39, 0.29) is 11.8 Å². The molecule has 6 heteroatoms. The zero-order valence-electron chi connectivity index (χ0n) is 16.1. The molecule has 142 valence electrons. The Kier molecular flexibility index (Phi) is 4.07. The number of carbonyl (C=O) groups is 1. The molecule has 2 aliphatic rings. The van der Waals surface area contributed by atoms with Crippen molar-refractivity contribution >= 4 is 27.3 Å². The number of nitrogens with one attached hydrogen (secondary N) is 1. The van der Waals surface area contributed by atoms with E-state index in [2.05, 4.69) is 4.72 Å². The number of carbonyl (C=O) groups excluding carboxylic acids is 1. The molecular weight excluding hydrogens is 360 g/mol. The molecule has 5 nitrogen and oxygen atoms in total. The Labute approximate surface area is 160 Å². The van der Waals surface area contributed by atoms with Gasteiger partial charge in [-0.25, -0.2) is 8.42 Å². The van der Waals surface area contributed by atoms with E-state index >= 15 is 0 Å². The molecule has 2 aliphatic heterocycles. The highest BCUT2D eigenvalue weighted by molar-refractivity contribution is 7.92. The Morgan fingerprint density at radius 1 is 1.07 bits per heavy atom. The van der Waals surface area contributed by atoms with Crippen LogP contribution in [0, 0.1) is 20.8 Å². The van der Waals surface area contributed by atoms with Crippen molar-refractivity contribution in [1.82, 2.24) is 0 Å². The number of nitrogens with zero attached hydrogens (tertiary/aromatic N) is 1. The minimum Gasteiger partial charge on any atom is -0.311 e. The molecule has 1 amide bonds. The van der Waals surface area contributed by atoms with Gasteiger partial charge in [-0.3, -0.25) is 9.52 Å². The summed E-state index contributed by atoms with van der Waals surface area (Å²) in [5.41, 5.74) is 6.00. The van der Waals surface area contributed by atoms with Crippen LogP contribution in [0.2, 0.25) is 0 Å². The molecule has 0 aromatic heterocycles. The number of aryl methyl sites for hydroxylation is 4. The van der Waals surface area contributed by atoms with Crippen LogP contribution in [0.15, 0.2) is 29.2 Å². The van der Waals surface area contributed by atoms with Gasteiger partial charge in [-0.1, -0.05) is 17.7 Å². The van der Waals surface area contributed by atoms with Gasteiger partial charge >= 0.3 is 0 Å². The first-order chi connectivity index (χ1) is 12.7. The van der Waals surface area contributed by atoms with Gasteiger partial charge in [0.15, 0.2) is 0 Å². The van der Waals surface area contributed by atoms with Crippen LogP contribution in [-0.2, 0) is 21.2 Å². The Hall–Kier alpha value is -2.34. The average Bonchev–Trinajstić information content (AvgIpc) is 2.80. The SMILES string of the molecule is Cc1cc(C)c(S(=O)(=O)Nc2cc3c4c(c2)C(C)C(=O)N4CCC3)c(C)c1. The summed E-state index contributed by atoms with van der Waals surface area (Å²) in [6.45, 7) is 8.23. The minimum absolute atomic E-state index is 0.108. The van der Waals surface area contributed by atoms with E-state index in [1.807, 2.05) is 56.9 Å². The summed E-state index contributed by atoms with van der Waals surface area (Å²) < 4.78 is 28.9. The Morgan fingerprint density at radius 3 is 2.41 bits per heavy atom. The van der Waals surface area contributed by atoms with Crippen molar-refractivity contribution in [3.8, 4) is 0 Å². The number of hydrogen-bond donors (Lipinski definition) is 1. The second-order valence-electron chi connectivity index (χ2n) is 7.72. The quantitative estimate of drug-likeness (QED) is 0.875. The molecule has 0 spiro atoms. The van der Waals surface area contributed by atoms with E-state index in [0.717, 1.165) is 52.9 Å². The topological polar surface area (TPSA) is 66.5 Å². The van der Waals surface area contributed by atoms with E-state index in [1.54, 1.807) is 0 Å². The van der Waals surface area contributed by atoms with Gasteiger partial charge in [0.05, 0.1) is 16.5 Å². The molecule has 0 radical (unpaired) electrons. The Balaban J connectivity index is 1.78. The van der Waals surface area contributed by atoms with Crippen molar-refractivity contribution in [2.75, 3.05) is 16.2 Å². The zero-order valence-corrected chi connectivity index (χ0v) is 16.9. The third-order valence-corrected chi connectivity index (χ3v) is 7.23. The van der Waals surface area contributed by atoms with E-state index < -0.39 is 10.0 Å². The normalized spacial score (nSPS) is 18.6. The summed E-state index contributed by atoms with van der Waals surface area (Å²) >= 11 is 0. The fraction of sp³-hybridized carbons (Fsp3) is 0.381. The van der Waals surface area contributed by atoms with Crippen LogP contribution in [-0.4, -0.2) is 20.9 Å². The van der Waals surface area contributed by atoms with Crippen LogP contribution in [0.3, 0.4) is 0 Å². The van der Waals surface area contributed by atoms with E-state index in [1.165, 1.54) is 0 Å². The molecule has 4 rings (SSSR count). The first-order valence-electron chi connectivity index (χ1n) is 9.28. The van der Waals surface area contributed by atoms with E-state index in [4.69, 9.17) is 0 Å². The molecule has 27 heavy (non-hydrogen) atoms. The highest BCUT2D eigenvalue weighted by atomic mass is 32.2. The molecule has 1 atom stereocenters. The maximum atomic E-state index is 13.1. The minimum atomic E-state index is -3.71. The standard InChI is InChI=1S/C21H24N2O3S/c1-12-8-13(2)20(14(3)9-12)27(25,26)22-17-10-16-6-5-7-23-19(16)18(11-17)15(4)21(23)24/h8-11,15,22H,5-7H2,1-4H3. The zero-order chi connectivity index (χ0) is 19.5. The lowest BCUT2D eigenvalue weighted by Crippen LogP contribution is -2.32. The molecule has 2 heterocycles. The van der Waals surface area contributed by atoms with Crippen LogP contribution < -0.4 is 9.62 Å². The van der Waals surface area contributed by atoms with Crippen LogP contribution >= 0.6 is 0 Å². The number of benzene rings is 2. The Morgan fingerprint density at radius 2 is 1.74 bits per heavy atom. The monoisotopic (exact) mass is 384 g/mol. The number of hydrogen-bond acceptors (Lipinski definition) is 3. The van der Waals surface area contributed by atoms with Crippen molar-refractivity contribution in [1.29, 1.82) is 0 Å². The summed E-state index contributed by atoms with van der Waals surface area (Å²) in [5.74, 6) is -0.125. The smallest absolute Gasteiger partial charge is 0.262 e. The summed E-state index contributed by atoms with van der Waals surface area (Å²) in [5, 5.41) is 0. The predicted molar refractivity (Wildman–Crippen MR) is 107 cm³/mol. The molecular formula is C21H24N2O3S. The van der Waals surface area contributed by atoms with Crippen molar-refractivity contribution in [2.45, 2.75) is 51.3 Å². The largest absolute Gasteiger partial charge is 0.311 e. The van der Waals surface area contributed by atoms with Crippen molar-refractivity contribution < 1.29 is 13.2 Å². The van der Waals surface area contributed by atoms with E-state index in [0.29, 0.717) is 10.6 Å². The molecule has 0 saturated heterocycles. The molecule has 0 aliphatic carbocycles. The predicted octanol–water partition coefficient (Wildman–Crippen LogP) is 3.81. The van der Waals surface area contributed by atoms with Gasteiger partial charge in [-0.05, 0) is 74.9 Å². The second-order valence-corrected chi connectivity index (χ2v) is 9.34. The van der Waals surface area contributed by atoms with Gasteiger partial charge in [0.1, 0.15) is 0 Å². The maximum absolute atomic E-state index is 13.1. The third-order valence-electron chi connectivity index (χ3n) is 5.54. The first kappa shape index (κ1) is 18.0. The van der Waals surface area contributed by atoms with Crippen LogP contribution in [0.5, 0.6) is 0 Å². The lowest BCUT2D eigenvalue weighted by atomic mass is 9.96. The second kappa shape index (κ2) is 6.09. The van der Waals surface area contributed by atoms with Gasteiger partial charge in [-0.15, -0.1) is 0 Å². The number of rotatable bonds is 3. The molecule has 0 bridgehead atoms. The molecule has 2 aromatic rings. The highest BCUT2D eigenvalue weighted by Gasteiger charge is 2.38. The van der Waals surface area contributed by atoms with Crippen molar-refractivity contribution in [2.24, 2.45) is 0 Å². The van der Waals surface area contributed by atoms with Crippen LogP contribution in [0.1, 0.15) is 47.1 Å². The fourth-order valence-electron chi connectivity index (χ4n) is 4.55. The third kappa shape index (κ3) is 2.83. The van der Waals surface area contributed by atoms with Gasteiger partial charge in [0.2, 0.25) is 5.91 Å². The van der Waals surface area contributed by atoms with Crippen molar-refractivity contribution in [3.05, 3.63) is 52.1 Å². The van der Waals surface area contributed by atoms with Gasteiger partial charge in [-0.2, -0.15) is 0 Å². The lowest BCUT2D eigenvalue weighted by Gasteiger charge is -2.26. The molecule has 1 unspecified atom stereocenters.